The molecule has 0 spiro atoms. The Labute approximate surface area is 102 Å². The fourth-order valence-electron chi connectivity index (χ4n) is 1.79. The van der Waals surface area contributed by atoms with Crippen molar-refractivity contribution in [2.45, 2.75) is 32.4 Å². The van der Waals surface area contributed by atoms with E-state index in [0.717, 1.165) is 5.69 Å². The zero-order valence-electron chi connectivity index (χ0n) is 10.4. The zero-order chi connectivity index (χ0) is 13.0. The van der Waals surface area contributed by atoms with Crippen LogP contribution in [0.25, 0.3) is 0 Å². The third-order valence-electron chi connectivity index (χ3n) is 2.91. The minimum atomic E-state index is -0.372. The average molecular weight is 235 g/mol. The molecule has 2 N–H and O–H groups in total. The molecule has 0 saturated carbocycles. The summed E-state index contributed by atoms with van der Waals surface area (Å²) in [5.74, 6) is -0.298. The van der Waals surface area contributed by atoms with Crippen LogP contribution in [0.5, 0.6) is 0 Å². The Morgan fingerprint density at radius 1 is 1.47 bits per heavy atom. The number of halogens is 1. The summed E-state index contributed by atoms with van der Waals surface area (Å²) < 4.78 is 13.7. The molecule has 1 aromatic rings. The molecule has 0 radical (unpaired) electrons. The quantitative estimate of drug-likeness (QED) is 0.872. The molecular formula is C13H18FN3. The molecule has 1 aromatic carbocycles. The molecule has 1 unspecified atom stereocenters. The molecule has 0 fully saturated rings. The Morgan fingerprint density at radius 3 is 2.65 bits per heavy atom. The molecule has 3 nitrogen and oxygen atoms in total. The van der Waals surface area contributed by atoms with Gasteiger partial charge in [0.25, 0.3) is 0 Å². The van der Waals surface area contributed by atoms with Gasteiger partial charge in [-0.2, -0.15) is 5.26 Å². The highest BCUT2D eigenvalue weighted by atomic mass is 19.1. The Bertz CT molecular complexity index is 423. The third-order valence-corrected chi connectivity index (χ3v) is 2.91. The second-order valence-corrected chi connectivity index (χ2v) is 4.28. The SMILES string of the molecule is CC(CC#N)N(C)c1cccc(F)c1[C@H](C)N. The van der Waals surface area contributed by atoms with Gasteiger partial charge in [-0.1, -0.05) is 6.07 Å². The van der Waals surface area contributed by atoms with Crippen LogP contribution >= 0.6 is 0 Å². The summed E-state index contributed by atoms with van der Waals surface area (Å²) in [7, 11) is 1.85. The first kappa shape index (κ1) is 13.5. The lowest BCUT2D eigenvalue weighted by atomic mass is 10.0. The molecule has 0 heterocycles. The molecule has 17 heavy (non-hydrogen) atoms. The lowest BCUT2D eigenvalue weighted by molar-refractivity contribution is 0.589. The van der Waals surface area contributed by atoms with Gasteiger partial charge < -0.3 is 10.6 Å². The van der Waals surface area contributed by atoms with Crippen LogP contribution in [0.2, 0.25) is 0 Å². The molecule has 4 heteroatoms. The summed E-state index contributed by atoms with van der Waals surface area (Å²) in [6.45, 7) is 3.68. The van der Waals surface area contributed by atoms with E-state index in [9.17, 15) is 4.39 Å². The van der Waals surface area contributed by atoms with Gasteiger partial charge in [0.1, 0.15) is 5.82 Å². The lowest BCUT2D eigenvalue weighted by Crippen LogP contribution is -2.30. The molecule has 2 atom stereocenters. The summed E-state index contributed by atoms with van der Waals surface area (Å²) in [4.78, 5) is 1.89. The van der Waals surface area contributed by atoms with Crippen molar-refractivity contribution >= 4 is 5.69 Å². The van der Waals surface area contributed by atoms with Crippen LogP contribution in [-0.4, -0.2) is 13.1 Å². The fraction of sp³-hybridized carbons (Fsp3) is 0.462. The number of nitriles is 1. The number of hydrogen-bond acceptors (Lipinski definition) is 3. The maximum absolute atomic E-state index is 13.7. The van der Waals surface area contributed by atoms with Crippen LogP contribution < -0.4 is 10.6 Å². The Hall–Kier alpha value is -1.60. The molecule has 1 rings (SSSR count). The van der Waals surface area contributed by atoms with E-state index in [-0.39, 0.29) is 17.9 Å². The molecule has 0 aromatic heterocycles. The zero-order valence-corrected chi connectivity index (χ0v) is 10.4. The van der Waals surface area contributed by atoms with E-state index >= 15 is 0 Å². The van der Waals surface area contributed by atoms with Gasteiger partial charge in [-0.15, -0.1) is 0 Å². The van der Waals surface area contributed by atoms with Crippen molar-refractivity contribution in [2.75, 3.05) is 11.9 Å². The van der Waals surface area contributed by atoms with E-state index in [1.165, 1.54) is 6.07 Å². The summed E-state index contributed by atoms with van der Waals surface area (Å²) in [5, 5.41) is 8.69. The van der Waals surface area contributed by atoms with Crippen molar-refractivity contribution in [3.05, 3.63) is 29.6 Å². The predicted octanol–water partition coefficient (Wildman–Crippen LogP) is 2.58. The van der Waals surface area contributed by atoms with Gasteiger partial charge in [-0.3, -0.25) is 0 Å². The predicted molar refractivity (Wildman–Crippen MR) is 67.1 cm³/mol. The first-order chi connectivity index (χ1) is 7.99. The van der Waals surface area contributed by atoms with Crippen LogP contribution in [0.1, 0.15) is 31.9 Å². The highest BCUT2D eigenvalue weighted by Gasteiger charge is 2.18. The van der Waals surface area contributed by atoms with Crippen molar-refractivity contribution in [2.24, 2.45) is 5.73 Å². The second-order valence-electron chi connectivity index (χ2n) is 4.28. The Morgan fingerprint density at radius 2 is 2.12 bits per heavy atom. The van der Waals surface area contributed by atoms with Gasteiger partial charge in [-0.25, -0.2) is 4.39 Å². The second kappa shape index (κ2) is 5.65. The molecule has 0 saturated heterocycles. The molecule has 0 aliphatic rings. The monoisotopic (exact) mass is 235 g/mol. The highest BCUT2D eigenvalue weighted by Crippen LogP contribution is 2.28. The largest absolute Gasteiger partial charge is 0.370 e. The molecule has 0 bridgehead atoms. The Kier molecular flexibility index (Phi) is 4.47. The summed E-state index contributed by atoms with van der Waals surface area (Å²) in [5.41, 5.74) is 7.05. The summed E-state index contributed by atoms with van der Waals surface area (Å²) in [6, 6.07) is 6.67. The number of hydrogen-bond donors (Lipinski definition) is 1. The number of nitrogens with zero attached hydrogens (tertiary/aromatic N) is 2. The number of rotatable bonds is 4. The highest BCUT2D eigenvalue weighted by molar-refractivity contribution is 5.55. The van der Waals surface area contributed by atoms with Gasteiger partial charge in [0.2, 0.25) is 0 Å². The van der Waals surface area contributed by atoms with Crippen molar-refractivity contribution in [3.8, 4) is 6.07 Å². The van der Waals surface area contributed by atoms with Crippen LogP contribution in [0, 0.1) is 17.1 Å². The average Bonchev–Trinajstić information content (AvgIpc) is 2.27. The first-order valence-electron chi connectivity index (χ1n) is 5.62. The minimum Gasteiger partial charge on any atom is -0.370 e. The minimum absolute atomic E-state index is 0.0271. The van der Waals surface area contributed by atoms with E-state index in [4.69, 9.17) is 11.0 Å². The first-order valence-corrected chi connectivity index (χ1v) is 5.62. The molecular weight excluding hydrogens is 217 g/mol. The van der Waals surface area contributed by atoms with Crippen molar-refractivity contribution < 1.29 is 4.39 Å². The van der Waals surface area contributed by atoms with Crippen LogP contribution in [0.3, 0.4) is 0 Å². The van der Waals surface area contributed by atoms with E-state index < -0.39 is 0 Å². The van der Waals surface area contributed by atoms with E-state index in [1.807, 2.05) is 24.9 Å². The number of nitrogens with two attached hydrogens (primary N) is 1. The number of anilines is 1. The summed E-state index contributed by atoms with van der Waals surface area (Å²) in [6.07, 6.45) is 0.394. The molecule has 0 aliphatic carbocycles. The fourth-order valence-corrected chi connectivity index (χ4v) is 1.79. The smallest absolute Gasteiger partial charge is 0.130 e. The normalized spacial score (nSPS) is 13.9. The van der Waals surface area contributed by atoms with E-state index in [0.29, 0.717) is 12.0 Å². The third kappa shape index (κ3) is 2.95. The summed E-state index contributed by atoms with van der Waals surface area (Å²) >= 11 is 0. The van der Waals surface area contributed by atoms with Gasteiger partial charge in [0.15, 0.2) is 0 Å². The molecule has 92 valence electrons. The van der Waals surface area contributed by atoms with Crippen molar-refractivity contribution in [3.63, 3.8) is 0 Å². The lowest BCUT2D eigenvalue weighted by Gasteiger charge is -2.28. The topological polar surface area (TPSA) is 53.0 Å². The molecule has 0 amide bonds. The van der Waals surface area contributed by atoms with Crippen LogP contribution in [0.15, 0.2) is 18.2 Å². The van der Waals surface area contributed by atoms with E-state index in [1.54, 1.807) is 13.0 Å². The van der Waals surface area contributed by atoms with Crippen LogP contribution in [0.4, 0.5) is 10.1 Å². The Balaban J connectivity index is 3.13. The maximum atomic E-state index is 13.7. The van der Waals surface area contributed by atoms with Gasteiger partial charge in [-0.05, 0) is 26.0 Å². The van der Waals surface area contributed by atoms with Gasteiger partial charge >= 0.3 is 0 Å². The number of benzene rings is 1. The van der Waals surface area contributed by atoms with Crippen molar-refractivity contribution in [1.82, 2.24) is 0 Å². The molecule has 0 aliphatic heterocycles. The van der Waals surface area contributed by atoms with Crippen molar-refractivity contribution in [1.29, 1.82) is 5.26 Å². The van der Waals surface area contributed by atoms with Gasteiger partial charge in [0, 0.05) is 30.4 Å². The maximum Gasteiger partial charge on any atom is 0.130 e. The van der Waals surface area contributed by atoms with E-state index in [2.05, 4.69) is 6.07 Å². The van der Waals surface area contributed by atoms with Crippen LogP contribution in [-0.2, 0) is 0 Å². The standard InChI is InChI=1S/C13H18FN3/c1-9(7-8-15)17(3)12-6-4-5-11(14)13(12)10(2)16/h4-6,9-10H,7,16H2,1-3H3/t9?,10-/m0/s1. The van der Waals surface area contributed by atoms with Gasteiger partial charge in [0.05, 0.1) is 12.5 Å².